The third-order valence-corrected chi connectivity index (χ3v) is 14.0. The van der Waals surface area contributed by atoms with Crippen molar-refractivity contribution < 1.29 is 0 Å². The Hall–Kier alpha value is -6.70. The van der Waals surface area contributed by atoms with Gasteiger partial charge in [0.05, 0.1) is 0 Å². The number of rotatable bonds is 5. The minimum absolute atomic E-state index is 0.0544. The highest BCUT2D eigenvalue weighted by Crippen LogP contribution is 2.57. The molecule has 0 radical (unpaired) electrons. The van der Waals surface area contributed by atoms with E-state index in [1.54, 1.807) is 0 Å². The Kier molecular flexibility index (Phi) is 8.20. The predicted octanol–water partition coefficient (Wildman–Crippen LogP) is 16.7. The molecule has 11 rings (SSSR count). The van der Waals surface area contributed by atoms with Gasteiger partial charge in [-0.1, -0.05) is 182 Å². The van der Waals surface area contributed by atoms with E-state index in [0.29, 0.717) is 0 Å². The zero-order valence-electron chi connectivity index (χ0n) is 36.3. The van der Waals surface area contributed by atoms with E-state index in [-0.39, 0.29) is 16.2 Å². The van der Waals surface area contributed by atoms with Crippen LogP contribution in [0.5, 0.6) is 0 Å². The first-order valence-corrected chi connectivity index (χ1v) is 21.8. The molecule has 1 heteroatoms. The summed E-state index contributed by atoms with van der Waals surface area (Å²) in [6.07, 6.45) is 0. The zero-order chi connectivity index (χ0) is 41.8. The van der Waals surface area contributed by atoms with E-state index in [0.717, 1.165) is 5.69 Å². The van der Waals surface area contributed by atoms with Crippen molar-refractivity contribution in [1.82, 2.24) is 0 Å². The molecule has 0 saturated heterocycles. The summed E-state index contributed by atoms with van der Waals surface area (Å²) >= 11 is 0. The van der Waals surface area contributed by atoms with Gasteiger partial charge in [-0.15, -0.1) is 0 Å². The molecule has 0 saturated carbocycles. The van der Waals surface area contributed by atoms with Crippen LogP contribution < -0.4 is 4.90 Å². The summed E-state index contributed by atoms with van der Waals surface area (Å²) in [5.41, 5.74) is 20.4. The molecule has 1 nitrogen and oxygen atoms in total. The van der Waals surface area contributed by atoms with E-state index in [1.165, 1.54) is 105 Å². The van der Waals surface area contributed by atoms with Gasteiger partial charge in [0.1, 0.15) is 0 Å². The average molecular weight is 786 g/mol. The molecule has 9 aromatic rings. The molecule has 0 aliphatic heterocycles. The Bertz CT molecular complexity index is 3010. The van der Waals surface area contributed by atoms with Crippen LogP contribution in [0.2, 0.25) is 0 Å². The van der Waals surface area contributed by atoms with Crippen LogP contribution in [0.15, 0.2) is 182 Å². The van der Waals surface area contributed by atoms with Crippen LogP contribution in [-0.4, -0.2) is 0 Å². The van der Waals surface area contributed by atoms with Gasteiger partial charge in [-0.2, -0.15) is 0 Å². The molecule has 0 bridgehead atoms. The number of hydrogen-bond acceptors (Lipinski definition) is 1. The van der Waals surface area contributed by atoms with E-state index < -0.39 is 0 Å². The second-order valence-electron chi connectivity index (χ2n) is 19.4. The largest absolute Gasteiger partial charge is 0.310 e. The molecule has 0 atom stereocenters. The van der Waals surface area contributed by atoms with Gasteiger partial charge in [-0.05, 0) is 148 Å². The molecule has 0 unspecified atom stereocenters. The Balaban J connectivity index is 1.09. The molecule has 2 aliphatic carbocycles. The third kappa shape index (κ3) is 5.67. The maximum atomic E-state index is 2.49. The maximum Gasteiger partial charge on any atom is 0.0465 e. The molecular formula is C60H51N. The molecule has 2 aliphatic rings. The first-order valence-electron chi connectivity index (χ1n) is 21.8. The molecule has 61 heavy (non-hydrogen) atoms. The molecule has 0 N–H and O–H groups in total. The summed E-state index contributed by atoms with van der Waals surface area (Å²) in [5.74, 6) is 0. The number of fused-ring (bicyclic) bond motifs is 10. The molecule has 0 spiro atoms. The van der Waals surface area contributed by atoms with Gasteiger partial charge in [0, 0.05) is 27.9 Å². The van der Waals surface area contributed by atoms with Gasteiger partial charge in [0.15, 0.2) is 0 Å². The lowest BCUT2D eigenvalue weighted by atomic mass is 9.80. The lowest BCUT2D eigenvalue weighted by Gasteiger charge is -2.30. The van der Waals surface area contributed by atoms with Crippen molar-refractivity contribution in [3.05, 3.63) is 210 Å². The van der Waals surface area contributed by atoms with Crippen LogP contribution in [-0.2, 0) is 16.2 Å². The topological polar surface area (TPSA) is 3.24 Å². The summed E-state index contributed by atoms with van der Waals surface area (Å²) in [6.45, 7) is 16.5. The first-order chi connectivity index (χ1) is 29.4. The quantitative estimate of drug-likeness (QED) is 0.168. The van der Waals surface area contributed by atoms with Gasteiger partial charge >= 0.3 is 0 Å². The van der Waals surface area contributed by atoms with Crippen LogP contribution in [0.4, 0.5) is 17.1 Å². The minimum atomic E-state index is -0.213. The second-order valence-corrected chi connectivity index (χ2v) is 19.4. The van der Waals surface area contributed by atoms with Crippen molar-refractivity contribution in [1.29, 1.82) is 0 Å². The Morgan fingerprint density at radius 2 is 0.721 bits per heavy atom. The molecular weight excluding hydrogens is 735 g/mol. The molecule has 0 aromatic heterocycles. The Labute approximate surface area is 361 Å². The van der Waals surface area contributed by atoms with Crippen LogP contribution in [0.25, 0.3) is 66.1 Å². The summed E-state index contributed by atoms with van der Waals surface area (Å²) in [7, 11) is 0. The lowest BCUT2D eigenvalue weighted by Crippen LogP contribution is -2.18. The van der Waals surface area contributed by atoms with E-state index in [2.05, 4.69) is 235 Å². The SMILES string of the molecule is CC(C)(C)c1ccc(N(c2ccc3c(c2)C(C)(C)c2cc(-c4ccccc4)c4ccccc4c2-3)c2ccc3c(c2)C(C)(C)c2cc(-c4ccccc4)c4ccccc4c2-3)cc1. The smallest absolute Gasteiger partial charge is 0.0465 e. The number of hydrogen-bond donors (Lipinski definition) is 0. The van der Waals surface area contributed by atoms with Gasteiger partial charge < -0.3 is 4.90 Å². The van der Waals surface area contributed by atoms with Crippen molar-refractivity contribution in [2.45, 2.75) is 64.7 Å². The highest BCUT2D eigenvalue weighted by atomic mass is 15.1. The molecule has 0 heterocycles. The van der Waals surface area contributed by atoms with Gasteiger partial charge in [-0.3, -0.25) is 0 Å². The van der Waals surface area contributed by atoms with Crippen molar-refractivity contribution in [2.75, 3.05) is 4.90 Å². The Morgan fingerprint density at radius 1 is 0.344 bits per heavy atom. The Morgan fingerprint density at radius 3 is 1.13 bits per heavy atom. The maximum absolute atomic E-state index is 2.49. The summed E-state index contributed by atoms with van der Waals surface area (Å²) in [4.78, 5) is 2.49. The number of anilines is 3. The van der Waals surface area contributed by atoms with Crippen molar-refractivity contribution in [3.8, 4) is 44.5 Å². The van der Waals surface area contributed by atoms with Crippen molar-refractivity contribution >= 4 is 38.6 Å². The van der Waals surface area contributed by atoms with Crippen LogP contribution in [0.1, 0.15) is 76.3 Å². The second kappa shape index (κ2) is 13.4. The van der Waals surface area contributed by atoms with E-state index in [4.69, 9.17) is 0 Å². The van der Waals surface area contributed by atoms with E-state index in [1.807, 2.05) is 0 Å². The van der Waals surface area contributed by atoms with Crippen LogP contribution in [0.3, 0.4) is 0 Å². The predicted molar refractivity (Wildman–Crippen MR) is 261 cm³/mol. The zero-order valence-corrected chi connectivity index (χ0v) is 36.3. The minimum Gasteiger partial charge on any atom is -0.310 e. The normalized spacial score (nSPS) is 14.4. The summed E-state index contributed by atoms with van der Waals surface area (Å²) in [6, 6.07) is 68.4. The average Bonchev–Trinajstić information content (AvgIpc) is 3.65. The van der Waals surface area contributed by atoms with Crippen molar-refractivity contribution in [2.24, 2.45) is 0 Å². The van der Waals surface area contributed by atoms with E-state index in [9.17, 15) is 0 Å². The number of benzene rings is 9. The van der Waals surface area contributed by atoms with Crippen LogP contribution >= 0.6 is 0 Å². The van der Waals surface area contributed by atoms with Gasteiger partial charge in [0.25, 0.3) is 0 Å². The molecule has 296 valence electrons. The fourth-order valence-electron chi connectivity index (χ4n) is 10.7. The van der Waals surface area contributed by atoms with Crippen molar-refractivity contribution in [3.63, 3.8) is 0 Å². The molecule has 9 aromatic carbocycles. The monoisotopic (exact) mass is 785 g/mol. The molecule has 0 fully saturated rings. The summed E-state index contributed by atoms with van der Waals surface area (Å²) in [5, 5.41) is 5.23. The fourth-order valence-corrected chi connectivity index (χ4v) is 10.7. The highest BCUT2D eigenvalue weighted by Gasteiger charge is 2.40. The molecule has 0 amide bonds. The standard InChI is InChI=1S/C60H51N/c1-58(2,3)40-26-28-41(29-27-40)61(42-30-32-48-52(34-42)59(4,5)54-36-50(38-18-10-8-11-19-38)44-22-14-16-24-46(44)56(48)54)43-31-33-49-53(35-43)60(6,7)55-37-51(39-20-12-9-13-21-39)45-23-15-17-25-47(45)57(49)55/h8-37H,1-7H3. The highest BCUT2D eigenvalue weighted by molar-refractivity contribution is 6.10. The first kappa shape index (κ1) is 37.3. The van der Waals surface area contributed by atoms with E-state index >= 15 is 0 Å². The van der Waals surface area contributed by atoms with Gasteiger partial charge in [0.2, 0.25) is 0 Å². The van der Waals surface area contributed by atoms with Crippen LogP contribution in [0, 0.1) is 0 Å². The lowest BCUT2D eigenvalue weighted by molar-refractivity contribution is 0.590. The fraction of sp³-hybridized carbons (Fsp3) is 0.167. The number of nitrogens with zero attached hydrogens (tertiary/aromatic N) is 1. The summed E-state index contributed by atoms with van der Waals surface area (Å²) < 4.78 is 0. The van der Waals surface area contributed by atoms with Gasteiger partial charge in [-0.25, -0.2) is 0 Å². The third-order valence-electron chi connectivity index (χ3n) is 14.0.